The summed E-state index contributed by atoms with van der Waals surface area (Å²) < 4.78 is 0. The summed E-state index contributed by atoms with van der Waals surface area (Å²) in [4.78, 5) is 0. The van der Waals surface area contributed by atoms with Crippen LogP contribution < -0.4 is 5.32 Å². The first-order valence-electron chi connectivity index (χ1n) is 3.71. The number of aryl methyl sites for hydroxylation is 2. The fraction of sp³-hybridized carbons (Fsp3) is 0.200. The summed E-state index contributed by atoms with van der Waals surface area (Å²) in [5.74, 6) is 0. The lowest BCUT2D eigenvalue weighted by Gasteiger charge is -2.03. The molecule has 0 aromatic heterocycles. The lowest BCUT2D eigenvalue weighted by Crippen LogP contribution is -1.91. The van der Waals surface area contributed by atoms with Gasteiger partial charge in [0.25, 0.3) is 0 Å². The number of rotatable bonds is 1. The molecule has 0 aliphatic carbocycles. The van der Waals surface area contributed by atoms with E-state index in [1.807, 2.05) is 26.0 Å². The number of aliphatic hydroxyl groups excluding tert-OH is 1. The molecule has 0 aliphatic rings. The standard InChI is InChI=1S/C10H11NO/c1-8-3-4-10(9(2)7-8)11-5-6-12/h3-4,7,11-12H,1-2H3. The summed E-state index contributed by atoms with van der Waals surface area (Å²) in [6.07, 6.45) is 1.80. The zero-order chi connectivity index (χ0) is 8.97. The zero-order valence-corrected chi connectivity index (χ0v) is 7.18. The molecule has 0 radical (unpaired) electrons. The fourth-order valence-corrected chi connectivity index (χ4v) is 1.05. The van der Waals surface area contributed by atoms with E-state index in [0.717, 1.165) is 11.3 Å². The van der Waals surface area contributed by atoms with Gasteiger partial charge in [0, 0.05) is 5.69 Å². The van der Waals surface area contributed by atoms with E-state index in [0.29, 0.717) is 0 Å². The summed E-state index contributed by atoms with van der Waals surface area (Å²) in [5.41, 5.74) is 3.27. The van der Waals surface area contributed by atoms with Gasteiger partial charge in [-0.15, -0.1) is 0 Å². The first-order valence-corrected chi connectivity index (χ1v) is 3.71. The van der Waals surface area contributed by atoms with E-state index in [2.05, 4.69) is 17.4 Å². The van der Waals surface area contributed by atoms with Crippen LogP contribution in [0.2, 0.25) is 0 Å². The van der Waals surface area contributed by atoms with Crippen LogP contribution in [-0.4, -0.2) is 5.11 Å². The molecule has 12 heavy (non-hydrogen) atoms. The Kier molecular flexibility index (Phi) is 2.60. The summed E-state index contributed by atoms with van der Waals surface area (Å²) in [5, 5.41) is 11.0. The van der Waals surface area contributed by atoms with Gasteiger partial charge in [0.15, 0.2) is 0 Å². The molecule has 0 unspecified atom stereocenters. The molecule has 1 aromatic carbocycles. The fourth-order valence-electron chi connectivity index (χ4n) is 1.05. The van der Waals surface area contributed by atoms with E-state index in [4.69, 9.17) is 5.11 Å². The van der Waals surface area contributed by atoms with Crippen molar-refractivity contribution in [2.45, 2.75) is 13.8 Å². The van der Waals surface area contributed by atoms with Gasteiger partial charge >= 0.3 is 0 Å². The molecule has 0 atom stereocenters. The molecule has 2 heteroatoms. The average Bonchev–Trinajstić information content (AvgIpc) is 2.03. The number of hydrogen-bond donors (Lipinski definition) is 2. The normalized spacial score (nSPS) is 8.50. The van der Waals surface area contributed by atoms with Crippen LogP contribution in [0.3, 0.4) is 0 Å². The minimum absolute atomic E-state index is 0.933. The average molecular weight is 161 g/mol. The van der Waals surface area contributed by atoms with Crippen LogP contribution in [0.4, 0.5) is 5.69 Å². The topological polar surface area (TPSA) is 32.3 Å². The smallest absolute Gasteiger partial charge is 0.131 e. The Hall–Kier alpha value is -1.62. The van der Waals surface area contributed by atoms with Gasteiger partial charge in [-0.1, -0.05) is 17.7 Å². The Labute approximate surface area is 72.2 Å². The van der Waals surface area contributed by atoms with Gasteiger partial charge in [-0.05, 0) is 25.5 Å². The van der Waals surface area contributed by atoms with E-state index in [-0.39, 0.29) is 0 Å². The maximum atomic E-state index is 8.25. The summed E-state index contributed by atoms with van der Waals surface area (Å²) >= 11 is 0. The predicted octanol–water partition coefficient (Wildman–Crippen LogP) is 2.01. The van der Waals surface area contributed by atoms with Crippen molar-refractivity contribution in [2.24, 2.45) is 0 Å². The van der Waals surface area contributed by atoms with Crippen molar-refractivity contribution in [1.82, 2.24) is 0 Å². The van der Waals surface area contributed by atoms with Crippen molar-refractivity contribution in [3.8, 4) is 12.2 Å². The van der Waals surface area contributed by atoms with Crippen molar-refractivity contribution < 1.29 is 5.11 Å². The monoisotopic (exact) mass is 161 g/mol. The molecule has 0 saturated heterocycles. The number of hydrogen-bond acceptors (Lipinski definition) is 2. The Bertz CT molecular complexity index is 333. The minimum atomic E-state index is 0.933. The predicted molar refractivity (Wildman–Crippen MR) is 49.3 cm³/mol. The molecular weight excluding hydrogens is 150 g/mol. The Balaban J connectivity index is 2.91. The van der Waals surface area contributed by atoms with Gasteiger partial charge in [-0.25, -0.2) is 0 Å². The first-order chi connectivity index (χ1) is 5.74. The molecule has 0 saturated carbocycles. The number of anilines is 1. The molecule has 0 fully saturated rings. The maximum absolute atomic E-state index is 8.25. The van der Waals surface area contributed by atoms with Gasteiger partial charge in [0.05, 0.1) is 6.04 Å². The summed E-state index contributed by atoms with van der Waals surface area (Å²) in [6, 6.07) is 8.37. The Morgan fingerprint density at radius 2 is 2.08 bits per heavy atom. The summed E-state index contributed by atoms with van der Waals surface area (Å²) in [6.45, 7) is 4.03. The van der Waals surface area contributed by atoms with Gasteiger partial charge in [-0.3, -0.25) is 0 Å². The molecule has 1 aromatic rings. The van der Waals surface area contributed by atoms with Crippen molar-refractivity contribution in [2.75, 3.05) is 5.32 Å². The lowest BCUT2D eigenvalue weighted by molar-refractivity contribution is 0.517. The van der Waals surface area contributed by atoms with E-state index < -0.39 is 0 Å². The Morgan fingerprint density at radius 3 is 2.67 bits per heavy atom. The molecule has 62 valence electrons. The van der Waals surface area contributed by atoms with E-state index in [9.17, 15) is 0 Å². The quantitative estimate of drug-likeness (QED) is 0.487. The molecule has 1 rings (SSSR count). The van der Waals surface area contributed by atoms with Crippen LogP contribution in [0.25, 0.3) is 0 Å². The molecule has 2 nitrogen and oxygen atoms in total. The van der Waals surface area contributed by atoms with Crippen molar-refractivity contribution >= 4 is 5.69 Å². The highest BCUT2D eigenvalue weighted by Crippen LogP contribution is 2.14. The summed E-state index contributed by atoms with van der Waals surface area (Å²) in [7, 11) is 0. The highest BCUT2D eigenvalue weighted by Gasteiger charge is 1.94. The molecule has 0 spiro atoms. The highest BCUT2D eigenvalue weighted by atomic mass is 16.2. The number of benzene rings is 1. The van der Waals surface area contributed by atoms with Crippen molar-refractivity contribution in [3.63, 3.8) is 0 Å². The van der Waals surface area contributed by atoms with Crippen LogP contribution in [0, 0.1) is 26.0 Å². The van der Waals surface area contributed by atoms with Crippen LogP contribution in [0.5, 0.6) is 0 Å². The largest absolute Gasteiger partial charge is 0.461 e. The zero-order valence-electron chi connectivity index (χ0n) is 7.18. The SMILES string of the molecule is Cc1ccc(NC#CO)c(C)c1. The second-order valence-electron chi connectivity index (χ2n) is 2.68. The lowest BCUT2D eigenvalue weighted by atomic mass is 10.1. The third-order valence-corrected chi connectivity index (χ3v) is 1.63. The van der Waals surface area contributed by atoms with Crippen LogP contribution in [0.1, 0.15) is 11.1 Å². The molecule has 0 bridgehead atoms. The second kappa shape index (κ2) is 3.68. The molecule has 0 amide bonds. The van der Waals surface area contributed by atoms with Gasteiger partial charge in [0.1, 0.15) is 6.11 Å². The van der Waals surface area contributed by atoms with Gasteiger partial charge in [0.2, 0.25) is 0 Å². The van der Waals surface area contributed by atoms with E-state index >= 15 is 0 Å². The third-order valence-electron chi connectivity index (χ3n) is 1.63. The molecular formula is C10H11NO. The van der Waals surface area contributed by atoms with Gasteiger partial charge < -0.3 is 10.4 Å². The molecule has 0 heterocycles. The van der Waals surface area contributed by atoms with Crippen molar-refractivity contribution in [1.29, 1.82) is 0 Å². The van der Waals surface area contributed by atoms with Crippen LogP contribution in [-0.2, 0) is 0 Å². The second-order valence-corrected chi connectivity index (χ2v) is 2.68. The van der Waals surface area contributed by atoms with E-state index in [1.165, 1.54) is 5.56 Å². The van der Waals surface area contributed by atoms with Crippen molar-refractivity contribution in [3.05, 3.63) is 29.3 Å². The first kappa shape index (κ1) is 8.48. The van der Waals surface area contributed by atoms with E-state index in [1.54, 1.807) is 6.11 Å². The Morgan fingerprint density at radius 1 is 1.33 bits per heavy atom. The minimum Gasteiger partial charge on any atom is -0.461 e. The number of aliphatic hydroxyl groups is 1. The molecule has 0 aliphatic heterocycles. The van der Waals surface area contributed by atoms with Gasteiger partial charge in [-0.2, -0.15) is 0 Å². The highest BCUT2D eigenvalue weighted by molar-refractivity contribution is 5.54. The molecule has 2 N–H and O–H groups in total. The number of nitrogens with one attached hydrogen (secondary N) is 1. The van der Waals surface area contributed by atoms with Crippen LogP contribution in [0.15, 0.2) is 18.2 Å². The van der Waals surface area contributed by atoms with Crippen LogP contribution >= 0.6 is 0 Å². The third kappa shape index (κ3) is 1.93. The maximum Gasteiger partial charge on any atom is 0.131 e.